The highest BCUT2D eigenvalue weighted by molar-refractivity contribution is 7.88. The van der Waals surface area contributed by atoms with Crippen molar-refractivity contribution in [1.29, 1.82) is 0 Å². The predicted molar refractivity (Wildman–Crippen MR) is 92.3 cm³/mol. The summed E-state index contributed by atoms with van der Waals surface area (Å²) >= 11 is 0. The molecule has 0 radical (unpaired) electrons. The van der Waals surface area contributed by atoms with Gasteiger partial charge in [0.05, 0.1) is 18.1 Å². The molecule has 1 fully saturated rings. The number of nitrogens with one attached hydrogen (secondary N) is 1. The molecule has 1 aliphatic rings. The second-order valence-corrected chi connectivity index (χ2v) is 8.42. The molecule has 1 saturated heterocycles. The van der Waals surface area contributed by atoms with Gasteiger partial charge in [-0.1, -0.05) is 0 Å². The maximum atomic E-state index is 13.3. The van der Waals surface area contributed by atoms with Crippen LogP contribution < -0.4 is 5.32 Å². The molecule has 0 bridgehead atoms. The van der Waals surface area contributed by atoms with Crippen molar-refractivity contribution in [2.45, 2.75) is 25.1 Å². The quantitative estimate of drug-likeness (QED) is 0.834. The van der Waals surface area contributed by atoms with Crippen LogP contribution in [0.5, 0.6) is 0 Å². The van der Waals surface area contributed by atoms with Crippen LogP contribution in [0.2, 0.25) is 0 Å². The zero-order chi connectivity index (χ0) is 19.8. The number of hydrogen-bond acceptors (Lipinski definition) is 6. The molecule has 1 N–H and O–H groups in total. The van der Waals surface area contributed by atoms with Gasteiger partial charge in [0.25, 0.3) is 0 Å². The minimum atomic E-state index is -4.59. The van der Waals surface area contributed by atoms with E-state index in [0.29, 0.717) is 25.9 Å². The lowest BCUT2D eigenvalue weighted by Gasteiger charge is -2.30. The molecule has 27 heavy (non-hydrogen) atoms. The Morgan fingerprint density at radius 1 is 1.22 bits per heavy atom. The number of aryl methyl sites for hydroxylation is 1. The first-order valence-corrected chi connectivity index (χ1v) is 10.0. The third-order valence-electron chi connectivity index (χ3n) is 4.33. The van der Waals surface area contributed by atoms with E-state index >= 15 is 0 Å². The lowest BCUT2D eigenvalue weighted by atomic mass is 10.1. The standard InChI is InChI=1S/C15H19F3N6O2S/c1-23-9-10(7-20-23)13-12(15(16,17)18)8-19-14(22-13)21-11-3-5-24(6-4-11)27(2,25)26/h7-9,11H,3-6H2,1-2H3,(H,19,21,22). The summed E-state index contributed by atoms with van der Waals surface area (Å²) in [5, 5.41) is 6.91. The van der Waals surface area contributed by atoms with Gasteiger partial charge in [-0.05, 0) is 12.8 Å². The summed E-state index contributed by atoms with van der Waals surface area (Å²) in [5.74, 6) is 0.0691. The SMILES string of the molecule is Cn1cc(-c2nc(NC3CCN(S(C)(=O)=O)CC3)ncc2C(F)(F)F)cn1. The van der Waals surface area contributed by atoms with E-state index in [1.165, 1.54) is 21.4 Å². The average molecular weight is 404 g/mol. The lowest BCUT2D eigenvalue weighted by Crippen LogP contribution is -2.42. The molecule has 2 aromatic heterocycles. The number of rotatable bonds is 4. The van der Waals surface area contributed by atoms with Crippen LogP contribution in [0, 0.1) is 0 Å². The van der Waals surface area contributed by atoms with E-state index in [0.717, 1.165) is 12.5 Å². The van der Waals surface area contributed by atoms with E-state index < -0.39 is 21.8 Å². The van der Waals surface area contributed by atoms with Crippen molar-refractivity contribution in [3.05, 3.63) is 24.2 Å². The van der Waals surface area contributed by atoms with Gasteiger partial charge in [-0.3, -0.25) is 4.68 Å². The number of hydrogen-bond donors (Lipinski definition) is 1. The normalized spacial score (nSPS) is 17.2. The molecule has 0 aromatic carbocycles. The Kier molecular flexibility index (Phi) is 5.12. The molecule has 0 atom stereocenters. The van der Waals surface area contributed by atoms with Crippen LogP contribution in [-0.2, 0) is 23.2 Å². The summed E-state index contributed by atoms with van der Waals surface area (Å²) in [7, 11) is -1.64. The number of alkyl halides is 3. The Morgan fingerprint density at radius 2 is 1.89 bits per heavy atom. The number of aromatic nitrogens is 4. The first kappa shape index (κ1) is 19.5. The van der Waals surface area contributed by atoms with Gasteiger partial charge in [0, 0.05) is 44.1 Å². The monoisotopic (exact) mass is 404 g/mol. The fraction of sp³-hybridized carbons (Fsp3) is 0.533. The average Bonchev–Trinajstić information content (AvgIpc) is 3.00. The smallest absolute Gasteiger partial charge is 0.351 e. The molecule has 0 aliphatic carbocycles. The molecule has 12 heteroatoms. The van der Waals surface area contributed by atoms with Crippen LogP contribution >= 0.6 is 0 Å². The van der Waals surface area contributed by atoms with E-state index in [4.69, 9.17) is 0 Å². The van der Waals surface area contributed by atoms with Gasteiger partial charge in [0.1, 0.15) is 5.56 Å². The lowest BCUT2D eigenvalue weighted by molar-refractivity contribution is -0.137. The summed E-state index contributed by atoms with van der Waals surface area (Å²) in [6.45, 7) is 0.680. The van der Waals surface area contributed by atoms with Crippen molar-refractivity contribution in [3.8, 4) is 11.3 Å². The molecular weight excluding hydrogens is 385 g/mol. The van der Waals surface area contributed by atoms with Crippen LogP contribution in [0.3, 0.4) is 0 Å². The molecule has 0 saturated carbocycles. The number of nitrogens with zero attached hydrogens (tertiary/aromatic N) is 5. The predicted octanol–water partition coefficient (Wildman–Crippen LogP) is 1.73. The van der Waals surface area contributed by atoms with Crippen molar-refractivity contribution in [3.63, 3.8) is 0 Å². The molecule has 148 valence electrons. The maximum absolute atomic E-state index is 13.3. The van der Waals surface area contributed by atoms with Crippen LogP contribution in [0.25, 0.3) is 11.3 Å². The Hall–Kier alpha value is -2.21. The highest BCUT2D eigenvalue weighted by Crippen LogP contribution is 2.36. The molecule has 1 aliphatic heterocycles. The minimum absolute atomic E-state index is 0.0691. The molecule has 0 spiro atoms. The largest absolute Gasteiger partial charge is 0.419 e. The molecule has 0 amide bonds. The Morgan fingerprint density at radius 3 is 2.41 bits per heavy atom. The summed E-state index contributed by atoms with van der Waals surface area (Å²) in [6.07, 6.45) is 1.10. The van der Waals surface area contributed by atoms with Gasteiger partial charge in [-0.15, -0.1) is 0 Å². The molecule has 8 nitrogen and oxygen atoms in total. The summed E-state index contributed by atoms with van der Waals surface area (Å²) in [6, 6.07) is -0.124. The second kappa shape index (κ2) is 7.08. The summed E-state index contributed by atoms with van der Waals surface area (Å²) in [4.78, 5) is 7.86. The van der Waals surface area contributed by atoms with E-state index in [-0.39, 0.29) is 23.2 Å². The van der Waals surface area contributed by atoms with Gasteiger partial charge in [-0.2, -0.15) is 18.3 Å². The fourth-order valence-corrected chi connectivity index (χ4v) is 3.81. The van der Waals surface area contributed by atoms with Gasteiger partial charge in [-0.25, -0.2) is 22.7 Å². The van der Waals surface area contributed by atoms with E-state index in [1.54, 1.807) is 7.05 Å². The molecule has 2 aromatic rings. The first-order valence-electron chi connectivity index (χ1n) is 8.19. The molecule has 0 unspecified atom stereocenters. The fourth-order valence-electron chi connectivity index (χ4n) is 2.94. The molecular formula is C15H19F3N6O2S. The van der Waals surface area contributed by atoms with E-state index in [2.05, 4.69) is 20.4 Å². The highest BCUT2D eigenvalue weighted by Gasteiger charge is 2.36. The van der Waals surface area contributed by atoms with Gasteiger partial charge < -0.3 is 5.32 Å². The number of halogens is 3. The minimum Gasteiger partial charge on any atom is -0.351 e. The van der Waals surface area contributed by atoms with Crippen LogP contribution in [0.1, 0.15) is 18.4 Å². The zero-order valence-corrected chi connectivity index (χ0v) is 15.5. The van der Waals surface area contributed by atoms with Gasteiger partial charge in [0.2, 0.25) is 16.0 Å². The van der Waals surface area contributed by atoms with Gasteiger partial charge >= 0.3 is 6.18 Å². The number of sulfonamides is 1. The molecule has 3 heterocycles. The Labute approximate surface area is 154 Å². The van der Waals surface area contributed by atoms with Crippen molar-refractivity contribution in [2.24, 2.45) is 7.05 Å². The summed E-state index contributed by atoms with van der Waals surface area (Å²) < 4.78 is 65.8. The van der Waals surface area contributed by atoms with Crippen LogP contribution in [-0.4, -0.2) is 57.9 Å². The molecule has 3 rings (SSSR count). The third-order valence-corrected chi connectivity index (χ3v) is 5.63. The topological polar surface area (TPSA) is 93.0 Å². The summed E-state index contributed by atoms with van der Waals surface area (Å²) in [5.41, 5.74) is -0.947. The number of anilines is 1. The Bertz CT molecular complexity index is 920. The Balaban J connectivity index is 1.81. The highest BCUT2D eigenvalue weighted by atomic mass is 32.2. The van der Waals surface area contributed by atoms with E-state index in [1.807, 2.05) is 0 Å². The second-order valence-electron chi connectivity index (χ2n) is 6.44. The van der Waals surface area contributed by atoms with E-state index in [9.17, 15) is 21.6 Å². The van der Waals surface area contributed by atoms with Crippen LogP contribution in [0.15, 0.2) is 18.6 Å². The zero-order valence-electron chi connectivity index (χ0n) is 14.7. The maximum Gasteiger partial charge on any atom is 0.419 e. The van der Waals surface area contributed by atoms with Crippen molar-refractivity contribution in [2.75, 3.05) is 24.7 Å². The van der Waals surface area contributed by atoms with Gasteiger partial charge in [0.15, 0.2) is 0 Å². The van der Waals surface area contributed by atoms with Crippen molar-refractivity contribution >= 4 is 16.0 Å². The third kappa shape index (κ3) is 4.56. The first-order chi connectivity index (χ1) is 12.5. The van der Waals surface area contributed by atoms with Crippen LogP contribution in [0.4, 0.5) is 19.1 Å². The van der Waals surface area contributed by atoms with Crippen molar-refractivity contribution in [1.82, 2.24) is 24.1 Å². The van der Waals surface area contributed by atoms with Crippen molar-refractivity contribution < 1.29 is 21.6 Å². The number of piperidine rings is 1.